The van der Waals surface area contributed by atoms with Gasteiger partial charge in [0.25, 0.3) is 0 Å². The SMILES string of the molecule is COC1C(O)CC1Oc1c(Br)cc(Cl)cc1[N+](=O)[O-]. The van der Waals surface area contributed by atoms with Crippen molar-refractivity contribution in [2.75, 3.05) is 7.11 Å². The number of halogens is 2. The lowest BCUT2D eigenvalue weighted by molar-refractivity contribution is -0.386. The number of benzene rings is 1. The third kappa shape index (κ3) is 2.84. The second-order valence-corrected chi connectivity index (χ2v) is 5.44. The summed E-state index contributed by atoms with van der Waals surface area (Å²) in [5.74, 6) is 0.0911. The summed E-state index contributed by atoms with van der Waals surface area (Å²) < 4.78 is 11.0. The maximum Gasteiger partial charge on any atom is 0.313 e. The van der Waals surface area contributed by atoms with Gasteiger partial charge in [0, 0.05) is 24.6 Å². The van der Waals surface area contributed by atoms with Gasteiger partial charge in [0.15, 0.2) is 0 Å². The van der Waals surface area contributed by atoms with E-state index in [0.717, 1.165) is 0 Å². The van der Waals surface area contributed by atoms with Crippen molar-refractivity contribution >= 4 is 33.2 Å². The topological polar surface area (TPSA) is 81.8 Å². The van der Waals surface area contributed by atoms with Crippen LogP contribution in [0.2, 0.25) is 5.02 Å². The molecule has 2 rings (SSSR count). The highest BCUT2D eigenvalue weighted by Gasteiger charge is 2.43. The first kappa shape index (κ1) is 14.5. The summed E-state index contributed by atoms with van der Waals surface area (Å²) in [4.78, 5) is 10.4. The zero-order valence-electron chi connectivity index (χ0n) is 9.88. The molecule has 0 heterocycles. The maximum absolute atomic E-state index is 11.0. The van der Waals surface area contributed by atoms with Crippen molar-refractivity contribution in [3.05, 3.63) is 31.7 Å². The Hall–Kier alpha value is -0.890. The van der Waals surface area contributed by atoms with Crippen molar-refractivity contribution in [2.45, 2.75) is 24.7 Å². The average Bonchev–Trinajstić information content (AvgIpc) is 2.30. The van der Waals surface area contributed by atoms with E-state index >= 15 is 0 Å². The highest BCUT2D eigenvalue weighted by molar-refractivity contribution is 9.10. The second kappa shape index (κ2) is 5.62. The molecular formula is C11H11BrClNO5. The minimum Gasteiger partial charge on any atom is -0.480 e. The molecule has 3 atom stereocenters. The van der Waals surface area contributed by atoms with Crippen LogP contribution in [0.3, 0.4) is 0 Å². The molecule has 6 nitrogen and oxygen atoms in total. The van der Waals surface area contributed by atoms with Gasteiger partial charge >= 0.3 is 5.69 Å². The van der Waals surface area contributed by atoms with Crippen molar-refractivity contribution < 1.29 is 19.5 Å². The van der Waals surface area contributed by atoms with E-state index in [1.807, 2.05) is 0 Å². The second-order valence-electron chi connectivity index (χ2n) is 4.15. The summed E-state index contributed by atoms with van der Waals surface area (Å²) in [6.07, 6.45) is -1.15. The molecule has 0 amide bonds. The maximum atomic E-state index is 11.0. The highest BCUT2D eigenvalue weighted by Crippen LogP contribution is 2.40. The van der Waals surface area contributed by atoms with Crippen LogP contribution in [0, 0.1) is 10.1 Å². The van der Waals surface area contributed by atoms with Crippen LogP contribution in [0.25, 0.3) is 0 Å². The van der Waals surface area contributed by atoms with Crippen molar-refractivity contribution in [1.29, 1.82) is 0 Å². The number of nitrogens with zero attached hydrogens (tertiary/aromatic N) is 1. The van der Waals surface area contributed by atoms with Crippen LogP contribution in [0.1, 0.15) is 6.42 Å². The first-order chi connectivity index (χ1) is 8.93. The van der Waals surface area contributed by atoms with Crippen LogP contribution < -0.4 is 4.74 Å². The number of hydrogen-bond donors (Lipinski definition) is 1. The van der Waals surface area contributed by atoms with Gasteiger partial charge in [-0.1, -0.05) is 11.6 Å². The zero-order valence-corrected chi connectivity index (χ0v) is 12.2. The fourth-order valence-electron chi connectivity index (χ4n) is 1.93. The average molecular weight is 353 g/mol. The quantitative estimate of drug-likeness (QED) is 0.665. The molecular weight excluding hydrogens is 341 g/mol. The van der Waals surface area contributed by atoms with E-state index in [1.54, 1.807) is 0 Å². The van der Waals surface area contributed by atoms with Gasteiger partial charge in [-0.15, -0.1) is 0 Å². The number of rotatable bonds is 4. The number of hydrogen-bond acceptors (Lipinski definition) is 5. The fourth-order valence-corrected chi connectivity index (χ4v) is 2.82. The molecule has 0 saturated heterocycles. The molecule has 1 aliphatic carbocycles. The Balaban J connectivity index is 2.27. The number of nitro benzene ring substituents is 1. The van der Waals surface area contributed by atoms with Crippen molar-refractivity contribution in [2.24, 2.45) is 0 Å². The molecule has 1 N–H and O–H groups in total. The molecule has 1 aromatic carbocycles. The summed E-state index contributed by atoms with van der Waals surface area (Å²) in [5.41, 5.74) is -0.226. The smallest absolute Gasteiger partial charge is 0.313 e. The predicted octanol–water partition coefficient (Wildman–Crippen LogP) is 2.54. The predicted molar refractivity (Wildman–Crippen MR) is 71.6 cm³/mol. The van der Waals surface area contributed by atoms with Crippen LogP contribution in [0.15, 0.2) is 16.6 Å². The Morgan fingerprint density at radius 1 is 1.58 bits per heavy atom. The van der Waals surface area contributed by atoms with E-state index in [-0.39, 0.29) is 16.5 Å². The van der Waals surface area contributed by atoms with Crippen molar-refractivity contribution in [1.82, 2.24) is 0 Å². The molecule has 1 aliphatic rings. The normalized spacial score (nSPS) is 25.8. The monoisotopic (exact) mass is 351 g/mol. The zero-order chi connectivity index (χ0) is 14.2. The van der Waals surface area contributed by atoms with Crippen molar-refractivity contribution in [3.63, 3.8) is 0 Å². The van der Waals surface area contributed by atoms with Gasteiger partial charge in [0.05, 0.1) is 15.5 Å². The molecule has 8 heteroatoms. The Morgan fingerprint density at radius 3 is 2.79 bits per heavy atom. The van der Waals surface area contributed by atoms with Gasteiger partial charge in [-0.05, 0) is 22.0 Å². The van der Waals surface area contributed by atoms with E-state index in [1.165, 1.54) is 19.2 Å². The first-order valence-electron chi connectivity index (χ1n) is 5.45. The lowest BCUT2D eigenvalue weighted by Gasteiger charge is -2.39. The van der Waals surface area contributed by atoms with E-state index in [2.05, 4.69) is 15.9 Å². The van der Waals surface area contributed by atoms with Crippen LogP contribution >= 0.6 is 27.5 Å². The highest BCUT2D eigenvalue weighted by atomic mass is 79.9. The molecule has 3 unspecified atom stereocenters. The minimum atomic E-state index is -0.611. The molecule has 0 aliphatic heterocycles. The molecule has 0 bridgehead atoms. The third-order valence-corrected chi connectivity index (χ3v) is 3.75. The molecule has 0 radical (unpaired) electrons. The lowest BCUT2D eigenvalue weighted by atomic mass is 9.88. The molecule has 1 aromatic rings. The fraction of sp³-hybridized carbons (Fsp3) is 0.455. The largest absolute Gasteiger partial charge is 0.480 e. The Morgan fingerprint density at radius 2 is 2.26 bits per heavy atom. The summed E-state index contributed by atoms with van der Waals surface area (Å²) in [6, 6.07) is 2.74. The van der Waals surface area contributed by atoms with Gasteiger partial charge in [-0.2, -0.15) is 0 Å². The van der Waals surface area contributed by atoms with E-state index in [0.29, 0.717) is 10.9 Å². The molecule has 0 aromatic heterocycles. The molecule has 104 valence electrons. The van der Waals surface area contributed by atoms with Gasteiger partial charge in [0.2, 0.25) is 5.75 Å². The van der Waals surface area contributed by atoms with Crippen LogP contribution in [0.4, 0.5) is 5.69 Å². The van der Waals surface area contributed by atoms with Crippen LogP contribution in [-0.2, 0) is 4.74 Å². The summed E-state index contributed by atoms with van der Waals surface area (Å²) in [7, 11) is 1.45. The van der Waals surface area contributed by atoms with Gasteiger partial charge < -0.3 is 14.6 Å². The van der Waals surface area contributed by atoms with Crippen LogP contribution in [0.5, 0.6) is 5.75 Å². The number of aliphatic hydroxyl groups is 1. The third-order valence-electron chi connectivity index (χ3n) is 2.95. The summed E-state index contributed by atoms with van der Waals surface area (Å²) in [6.45, 7) is 0. The Bertz CT molecular complexity index is 512. The molecule has 19 heavy (non-hydrogen) atoms. The standard InChI is InChI=1S/C11H11BrClNO5/c1-18-11-8(15)4-9(11)19-10-6(12)2-5(13)3-7(10)14(16)17/h2-3,8-9,11,15H,4H2,1H3. The summed E-state index contributed by atoms with van der Waals surface area (Å²) >= 11 is 8.96. The number of methoxy groups -OCH3 is 1. The summed E-state index contributed by atoms with van der Waals surface area (Å²) in [5, 5.41) is 20.7. The minimum absolute atomic E-state index is 0.0911. The van der Waals surface area contributed by atoms with Gasteiger partial charge in [-0.3, -0.25) is 10.1 Å². The van der Waals surface area contributed by atoms with E-state index in [9.17, 15) is 15.2 Å². The molecule has 0 spiro atoms. The number of ether oxygens (including phenoxy) is 2. The molecule has 1 saturated carbocycles. The van der Waals surface area contributed by atoms with Gasteiger partial charge in [-0.25, -0.2) is 0 Å². The molecule has 1 fully saturated rings. The van der Waals surface area contributed by atoms with Crippen LogP contribution in [-0.4, -0.2) is 35.5 Å². The Kier molecular flexibility index (Phi) is 4.29. The number of nitro groups is 1. The van der Waals surface area contributed by atoms with E-state index in [4.69, 9.17) is 21.1 Å². The number of aliphatic hydroxyl groups excluding tert-OH is 1. The first-order valence-corrected chi connectivity index (χ1v) is 6.62. The lowest BCUT2D eigenvalue weighted by Crippen LogP contribution is -2.54. The Labute approximate surface area is 122 Å². The van der Waals surface area contributed by atoms with Crippen molar-refractivity contribution in [3.8, 4) is 5.75 Å². The van der Waals surface area contributed by atoms with Gasteiger partial charge in [0.1, 0.15) is 12.2 Å². The van der Waals surface area contributed by atoms with E-state index < -0.39 is 23.2 Å².